The fourth-order valence-corrected chi connectivity index (χ4v) is 1.60. The van der Waals surface area contributed by atoms with Crippen molar-refractivity contribution in [3.05, 3.63) is 35.9 Å². The molecule has 0 fully saturated rings. The largest absolute Gasteiger partial charge is 0.291 e. The quantitative estimate of drug-likeness (QED) is 0.712. The first-order valence-corrected chi connectivity index (χ1v) is 5.64. The van der Waals surface area contributed by atoms with Gasteiger partial charge in [0.1, 0.15) is 0 Å². The van der Waals surface area contributed by atoms with Gasteiger partial charge in [0.2, 0.25) is 5.78 Å². The first-order valence-electron chi connectivity index (χ1n) is 5.64. The van der Waals surface area contributed by atoms with Gasteiger partial charge in [0.05, 0.1) is 0 Å². The number of hydrogen-bond acceptors (Lipinski definition) is 2. The molecule has 86 valence electrons. The number of benzene rings is 1. The number of hydrogen-bond donors (Lipinski definition) is 0. The van der Waals surface area contributed by atoms with Crippen LogP contribution in [0.25, 0.3) is 0 Å². The predicted octanol–water partition coefficient (Wildman–Crippen LogP) is 2.97. The van der Waals surface area contributed by atoms with Crippen LogP contribution in [0.1, 0.15) is 38.7 Å². The van der Waals surface area contributed by atoms with E-state index in [4.69, 9.17) is 0 Å². The maximum atomic E-state index is 11.6. The van der Waals surface area contributed by atoms with Crippen molar-refractivity contribution in [2.24, 2.45) is 5.92 Å². The Balaban J connectivity index is 2.62. The van der Waals surface area contributed by atoms with Gasteiger partial charge in [-0.25, -0.2) is 0 Å². The molecule has 16 heavy (non-hydrogen) atoms. The van der Waals surface area contributed by atoms with Crippen molar-refractivity contribution in [1.29, 1.82) is 0 Å². The zero-order valence-corrected chi connectivity index (χ0v) is 10.1. The van der Waals surface area contributed by atoms with Crippen molar-refractivity contribution in [3.63, 3.8) is 0 Å². The molecule has 0 saturated heterocycles. The summed E-state index contributed by atoms with van der Waals surface area (Å²) in [6, 6.07) is 9.80. The number of rotatable bonds is 5. The van der Waals surface area contributed by atoms with Crippen LogP contribution in [0.5, 0.6) is 0 Å². The lowest BCUT2D eigenvalue weighted by Gasteiger charge is -2.11. The molecule has 0 radical (unpaired) electrons. The average molecular weight is 218 g/mol. The van der Waals surface area contributed by atoms with E-state index in [0.717, 1.165) is 5.56 Å². The molecule has 0 saturated carbocycles. The third-order valence-corrected chi connectivity index (χ3v) is 2.66. The lowest BCUT2D eigenvalue weighted by molar-refractivity contribution is -0.138. The van der Waals surface area contributed by atoms with Gasteiger partial charge in [-0.3, -0.25) is 9.59 Å². The zero-order chi connectivity index (χ0) is 12.1. The van der Waals surface area contributed by atoms with Crippen molar-refractivity contribution in [2.75, 3.05) is 0 Å². The van der Waals surface area contributed by atoms with E-state index in [0.29, 0.717) is 6.42 Å². The molecular formula is C14H18O2. The number of Topliss-reactive ketones (excluding diaryl/α,β-unsaturated/α-hetero) is 2. The molecule has 0 aliphatic heterocycles. The molecule has 2 heteroatoms. The summed E-state index contributed by atoms with van der Waals surface area (Å²) >= 11 is 0. The molecule has 1 aromatic rings. The van der Waals surface area contributed by atoms with Crippen molar-refractivity contribution < 1.29 is 9.59 Å². The molecule has 1 rings (SSSR count). The fourth-order valence-electron chi connectivity index (χ4n) is 1.60. The first-order chi connectivity index (χ1) is 7.52. The smallest absolute Gasteiger partial charge is 0.200 e. The van der Waals surface area contributed by atoms with E-state index in [-0.39, 0.29) is 23.4 Å². The molecule has 0 N–H and O–H groups in total. The molecule has 0 bridgehead atoms. The summed E-state index contributed by atoms with van der Waals surface area (Å²) in [6.45, 7) is 5.49. The molecule has 0 aliphatic rings. The topological polar surface area (TPSA) is 34.1 Å². The molecule has 2 nitrogen and oxygen atoms in total. The average Bonchev–Trinajstić information content (AvgIpc) is 2.28. The third-order valence-electron chi connectivity index (χ3n) is 2.66. The maximum absolute atomic E-state index is 11.6. The monoisotopic (exact) mass is 218 g/mol. The van der Waals surface area contributed by atoms with Gasteiger partial charge < -0.3 is 0 Å². The van der Waals surface area contributed by atoms with Crippen molar-refractivity contribution in [1.82, 2.24) is 0 Å². The molecule has 0 aromatic heterocycles. The van der Waals surface area contributed by atoms with Gasteiger partial charge in [0.15, 0.2) is 5.78 Å². The Bertz CT molecular complexity index is 366. The molecule has 0 aliphatic carbocycles. The summed E-state index contributed by atoms with van der Waals surface area (Å²) in [6.07, 6.45) is 0.307. The highest BCUT2D eigenvalue weighted by Crippen LogP contribution is 2.19. The van der Waals surface area contributed by atoms with E-state index in [2.05, 4.69) is 0 Å². The van der Waals surface area contributed by atoms with Crippen LogP contribution < -0.4 is 0 Å². The Kier molecular flexibility index (Phi) is 4.41. The van der Waals surface area contributed by atoms with Crippen LogP contribution in [-0.4, -0.2) is 11.6 Å². The Hall–Kier alpha value is -1.44. The Morgan fingerprint density at radius 3 is 2.12 bits per heavy atom. The van der Waals surface area contributed by atoms with E-state index >= 15 is 0 Å². The van der Waals surface area contributed by atoms with Gasteiger partial charge in [0, 0.05) is 12.3 Å². The summed E-state index contributed by atoms with van der Waals surface area (Å²) in [7, 11) is 0. The van der Waals surface area contributed by atoms with Gasteiger partial charge in [-0.15, -0.1) is 0 Å². The van der Waals surface area contributed by atoms with Crippen LogP contribution in [0.15, 0.2) is 30.3 Å². The minimum atomic E-state index is -0.261. The van der Waals surface area contributed by atoms with Crippen LogP contribution in [-0.2, 0) is 9.59 Å². The van der Waals surface area contributed by atoms with E-state index in [9.17, 15) is 9.59 Å². The normalized spacial score (nSPS) is 12.5. The second-order valence-corrected chi connectivity index (χ2v) is 4.46. The van der Waals surface area contributed by atoms with Crippen LogP contribution in [0.2, 0.25) is 0 Å². The highest BCUT2D eigenvalue weighted by Gasteiger charge is 2.20. The molecule has 1 unspecified atom stereocenters. The standard InChI is InChI=1S/C14H18O2/c1-10(2)14(16)13(15)9-11(3)12-7-5-4-6-8-12/h4-8,10-11H,9H2,1-3H3. The van der Waals surface area contributed by atoms with E-state index in [1.54, 1.807) is 13.8 Å². The van der Waals surface area contributed by atoms with Gasteiger partial charge >= 0.3 is 0 Å². The van der Waals surface area contributed by atoms with Crippen molar-refractivity contribution in [2.45, 2.75) is 33.1 Å². The van der Waals surface area contributed by atoms with E-state index in [1.807, 2.05) is 37.3 Å². The van der Waals surface area contributed by atoms with E-state index in [1.165, 1.54) is 0 Å². The van der Waals surface area contributed by atoms with Gasteiger partial charge in [-0.1, -0.05) is 51.1 Å². The number of carbonyl (C=O) groups is 2. The molecule has 0 amide bonds. The van der Waals surface area contributed by atoms with Crippen LogP contribution in [0, 0.1) is 5.92 Å². The lowest BCUT2D eigenvalue weighted by atomic mass is 9.92. The zero-order valence-electron chi connectivity index (χ0n) is 10.1. The molecule has 1 aromatic carbocycles. The second kappa shape index (κ2) is 5.59. The van der Waals surface area contributed by atoms with Crippen molar-refractivity contribution in [3.8, 4) is 0 Å². The molecule has 0 heterocycles. The lowest BCUT2D eigenvalue weighted by Crippen LogP contribution is -2.21. The molecular weight excluding hydrogens is 200 g/mol. The van der Waals surface area contributed by atoms with E-state index < -0.39 is 0 Å². The maximum Gasteiger partial charge on any atom is 0.200 e. The third kappa shape index (κ3) is 3.30. The highest BCUT2D eigenvalue weighted by atomic mass is 16.2. The number of carbonyl (C=O) groups excluding carboxylic acids is 2. The number of ketones is 2. The highest BCUT2D eigenvalue weighted by molar-refractivity contribution is 6.37. The summed E-state index contributed by atoms with van der Waals surface area (Å²) in [5, 5.41) is 0. The van der Waals surface area contributed by atoms with Gasteiger partial charge in [-0.2, -0.15) is 0 Å². The Morgan fingerprint density at radius 2 is 1.62 bits per heavy atom. The second-order valence-electron chi connectivity index (χ2n) is 4.46. The summed E-state index contributed by atoms with van der Waals surface area (Å²) in [5.41, 5.74) is 1.10. The summed E-state index contributed by atoms with van der Waals surface area (Å²) in [5.74, 6) is -0.610. The molecule has 0 spiro atoms. The minimum absolute atomic E-state index is 0.108. The SMILES string of the molecule is CC(C)C(=O)C(=O)CC(C)c1ccccc1. The van der Waals surface area contributed by atoms with Crippen LogP contribution in [0.3, 0.4) is 0 Å². The van der Waals surface area contributed by atoms with Gasteiger partial charge in [0.25, 0.3) is 0 Å². The summed E-state index contributed by atoms with van der Waals surface area (Å²) < 4.78 is 0. The minimum Gasteiger partial charge on any atom is -0.291 e. The Morgan fingerprint density at radius 1 is 1.06 bits per heavy atom. The summed E-state index contributed by atoms with van der Waals surface area (Å²) in [4.78, 5) is 23.1. The fraction of sp³-hybridized carbons (Fsp3) is 0.429. The van der Waals surface area contributed by atoms with Crippen molar-refractivity contribution >= 4 is 11.6 Å². The molecule has 1 atom stereocenters. The first kappa shape index (κ1) is 12.6. The Labute approximate surface area is 96.7 Å². The predicted molar refractivity (Wildman–Crippen MR) is 64.3 cm³/mol. The van der Waals surface area contributed by atoms with Crippen LogP contribution >= 0.6 is 0 Å². The van der Waals surface area contributed by atoms with Gasteiger partial charge in [-0.05, 0) is 11.5 Å². The van der Waals surface area contributed by atoms with Crippen LogP contribution in [0.4, 0.5) is 0 Å².